The van der Waals surface area contributed by atoms with E-state index in [1.54, 1.807) is 11.3 Å². The molecule has 0 unspecified atom stereocenters. The average Bonchev–Trinajstić information content (AvgIpc) is 2.81. The fraction of sp³-hybridized carbons (Fsp3) is 0.214. The van der Waals surface area contributed by atoms with Gasteiger partial charge in [0.25, 0.3) is 5.91 Å². The van der Waals surface area contributed by atoms with E-state index >= 15 is 0 Å². The largest absolute Gasteiger partial charge is 0.347 e. The standard InChI is InChI=1S/C14H15NO3S2/c1-10-7-8-19-13(10)9-15-14(16)11-3-5-12(6-4-11)20(2,17)18/h3-8H,9H2,1-2H3,(H,15,16). The highest BCUT2D eigenvalue weighted by Crippen LogP contribution is 2.15. The van der Waals surface area contributed by atoms with Gasteiger partial charge in [-0.1, -0.05) is 0 Å². The lowest BCUT2D eigenvalue weighted by Gasteiger charge is -2.05. The quantitative estimate of drug-likeness (QED) is 0.943. The van der Waals surface area contributed by atoms with Crippen LogP contribution < -0.4 is 5.32 Å². The van der Waals surface area contributed by atoms with E-state index in [4.69, 9.17) is 0 Å². The first-order chi connectivity index (χ1) is 9.38. The maximum absolute atomic E-state index is 12.0. The molecule has 1 heterocycles. The Labute approximate surface area is 122 Å². The Morgan fingerprint density at radius 1 is 1.20 bits per heavy atom. The zero-order valence-electron chi connectivity index (χ0n) is 11.2. The highest BCUT2D eigenvalue weighted by molar-refractivity contribution is 7.90. The number of nitrogens with one attached hydrogen (secondary N) is 1. The van der Waals surface area contributed by atoms with Gasteiger partial charge in [0.05, 0.1) is 11.4 Å². The van der Waals surface area contributed by atoms with Crippen molar-refractivity contribution in [2.45, 2.75) is 18.4 Å². The molecule has 1 N–H and O–H groups in total. The summed E-state index contributed by atoms with van der Waals surface area (Å²) in [5.41, 5.74) is 1.61. The number of thiophene rings is 1. The van der Waals surface area contributed by atoms with Gasteiger partial charge in [-0.05, 0) is 48.2 Å². The van der Waals surface area contributed by atoms with E-state index in [2.05, 4.69) is 5.32 Å². The molecule has 0 atom stereocenters. The van der Waals surface area contributed by atoms with E-state index in [9.17, 15) is 13.2 Å². The molecular weight excluding hydrogens is 294 g/mol. The predicted molar refractivity (Wildman–Crippen MR) is 79.8 cm³/mol. The summed E-state index contributed by atoms with van der Waals surface area (Å²) >= 11 is 1.60. The second-order valence-corrected chi connectivity index (χ2v) is 7.52. The molecule has 2 aromatic rings. The SMILES string of the molecule is Cc1ccsc1CNC(=O)c1ccc(S(C)(=O)=O)cc1. The van der Waals surface area contributed by atoms with Crippen molar-refractivity contribution in [3.05, 3.63) is 51.7 Å². The molecule has 0 spiro atoms. The maximum Gasteiger partial charge on any atom is 0.251 e. The Hall–Kier alpha value is -1.66. The smallest absolute Gasteiger partial charge is 0.251 e. The number of carbonyl (C=O) groups excluding carboxylic acids is 1. The molecule has 20 heavy (non-hydrogen) atoms. The van der Waals surface area contributed by atoms with Gasteiger partial charge in [0.15, 0.2) is 9.84 Å². The lowest BCUT2D eigenvalue weighted by atomic mass is 10.2. The Balaban J connectivity index is 2.05. The number of carbonyl (C=O) groups is 1. The van der Waals surface area contributed by atoms with Gasteiger partial charge in [-0.3, -0.25) is 4.79 Å². The summed E-state index contributed by atoms with van der Waals surface area (Å²) in [6.07, 6.45) is 1.14. The second kappa shape index (κ2) is 5.76. The minimum atomic E-state index is -3.23. The third kappa shape index (κ3) is 3.46. The van der Waals surface area contributed by atoms with Gasteiger partial charge in [-0.15, -0.1) is 11.3 Å². The molecule has 106 valence electrons. The molecule has 0 saturated carbocycles. The molecule has 0 fully saturated rings. The number of benzene rings is 1. The topological polar surface area (TPSA) is 63.2 Å². The highest BCUT2D eigenvalue weighted by atomic mass is 32.2. The van der Waals surface area contributed by atoms with Crippen molar-refractivity contribution in [1.29, 1.82) is 0 Å². The molecule has 4 nitrogen and oxygen atoms in total. The molecule has 1 aromatic carbocycles. The van der Waals surface area contributed by atoms with E-state index in [-0.39, 0.29) is 10.8 Å². The van der Waals surface area contributed by atoms with Crippen molar-refractivity contribution in [2.75, 3.05) is 6.26 Å². The van der Waals surface area contributed by atoms with E-state index < -0.39 is 9.84 Å². The number of rotatable bonds is 4. The molecule has 0 aliphatic heterocycles. The van der Waals surface area contributed by atoms with Crippen molar-refractivity contribution in [3.8, 4) is 0 Å². The molecule has 6 heteroatoms. The maximum atomic E-state index is 12.0. The van der Waals surface area contributed by atoms with E-state index in [0.717, 1.165) is 16.7 Å². The van der Waals surface area contributed by atoms with Crippen molar-refractivity contribution in [1.82, 2.24) is 5.32 Å². The van der Waals surface area contributed by atoms with Crippen LogP contribution in [0.15, 0.2) is 40.6 Å². The molecular formula is C14H15NO3S2. The Morgan fingerprint density at radius 2 is 1.85 bits per heavy atom. The summed E-state index contributed by atoms with van der Waals surface area (Å²) < 4.78 is 22.7. The van der Waals surface area contributed by atoms with Crippen LogP contribution in [0.5, 0.6) is 0 Å². The van der Waals surface area contributed by atoms with Gasteiger partial charge < -0.3 is 5.32 Å². The third-order valence-electron chi connectivity index (χ3n) is 2.92. The number of hydrogen-bond acceptors (Lipinski definition) is 4. The van der Waals surface area contributed by atoms with E-state index in [0.29, 0.717) is 12.1 Å². The van der Waals surface area contributed by atoms with Crippen molar-refractivity contribution >= 4 is 27.1 Å². The summed E-state index contributed by atoms with van der Waals surface area (Å²) in [7, 11) is -3.23. The van der Waals surface area contributed by atoms with Crippen LogP contribution >= 0.6 is 11.3 Å². The van der Waals surface area contributed by atoms with Gasteiger partial charge >= 0.3 is 0 Å². The first kappa shape index (κ1) is 14.7. The van der Waals surface area contributed by atoms with Crippen LogP contribution in [0.25, 0.3) is 0 Å². The summed E-state index contributed by atoms with van der Waals surface area (Å²) in [4.78, 5) is 13.3. The Kier molecular flexibility index (Phi) is 4.25. The highest BCUT2D eigenvalue weighted by Gasteiger charge is 2.10. The number of aryl methyl sites for hydroxylation is 1. The zero-order valence-corrected chi connectivity index (χ0v) is 12.8. The molecule has 0 aliphatic rings. The minimum absolute atomic E-state index is 0.210. The molecule has 0 radical (unpaired) electrons. The third-order valence-corrected chi connectivity index (χ3v) is 5.07. The summed E-state index contributed by atoms with van der Waals surface area (Å²) in [6.45, 7) is 2.48. The second-order valence-electron chi connectivity index (χ2n) is 4.51. The molecule has 0 bridgehead atoms. The van der Waals surface area contributed by atoms with Crippen LogP contribution in [-0.4, -0.2) is 20.6 Å². The number of amides is 1. The van der Waals surface area contributed by atoms with Crippen LogP contribution in [0, 0.1) is 6.92 Å². The van der Waals surface area contributed by atoms with E-state index in [1.807, 2.05) is 18.4 Å². The summed E-state index contributed by atoms with van der Waals surface area (Å²) in [5, 5.41) is 4.81. The predicted octanol–water partition coefficient (Wildman–Crippen LogP) is 2.39. The van der Waals surface area contributed by atoms with Crippen molar-refractivity contribution < 1.29 is 13.2 Å². The molecule has 2 rings (SSSR count). The normalized spacial score (nSPS) is 11.3. The average molecular weight is 309 g/mol. The van der Waals surface area contributed by atoms with Gasteiger partial charge in [-0.2, -0.15) is 0 Å². The van der Waals surface area contributed by atoms with Crippen molar-refractivity contribution in [2.24, 2.45) is 0 Å². The Bertz CT molecular complexity index is 715. The van der Waals surface area contributed by atoms with Gasteiger partial charge in [-0.25, -0.2) is 8.42 Å². The fourth-order valence-corrected chi connectivity index (χ4v) is 3.18. The zero-order chi connectivity index (χ0) is 14.8. The minimum Gasteiger partial charge on any atom is -0.347 e. The monoisotopic (exact) mass is 309 g/mol. The van der Waals surface area contributed by atoms with Crippen LogP contribution in [0.1, 0.15) is 20.8 Å². The first-order valence-corrected chi connectivity index (χ1v) is 8.76. The lowest BCUT2D eigenvalue weighted by molar-refractivity contribution is 0.0951. The van der Waals surface area contributed by atoms with Crippen LogP contribution in [-0.2, 0) is 16.4 Å². The van der Waals surface area contributed by atoms with Crippen LogP contribution in [0.4, 0.5) is 0 Å². The van der Waals surface area contributed by atoms with Gasteiger partial charge in [0.1, 0.15) is 0 Å². The Morgan fingerprint density at radius 3 is 2.35 bits per heavy atom. The molecule has 1 aromatic heterocycles. The van der Waals surface area contributed by atoms with Gasteiger partial charge in [0.2, 0.25) is 0 Å². The molecule has 0 saturated heterocycles. The summed E-state index contributed by atoms with van der Waals surface area (Å²) in [5.74, 6) is -0.210. The number of sulfone groups is 1. The number of hydrogen-bond donors (Lipinski definition) is 1. The van der Waals surface area contributed by atoms with Gasteiger partial charge in [0, 0.05) is 16.7 Å². The lowest BCUT2D eigenvalue weighted by Crippen LogP contribution is -2.22. The first-order valence-electron chi connectivity index (χ1n) is 5.99. The van der Waals surface area contributed by atoms with Crippen LogP contribution in [0.2, 0.25) is 0 Å². The van der Waals surface area contributed by atoms with E-state index in [1.165, 1.54) is 24.3 Å². The van der Waals surface area contributed by atoms with Crippen molar-refractivity contribution in [3.63, 3.8) is 0 Å². The van der Waals surface area contributed by atoms with Crippen LogP contribution in [0.3, 0.4) is 0 Å². The summed E-state index contributed by atoms with van der Waals surface area (Å²) in [6, 6.07) is 7.94. The molecule has 1 amide bonds. The fourth-order valence-electron chi connectivity index (χ4n) is 1.70. The molecule has 0 aliphatic carbocycles.